The molecule has 7 heteroatoms. The Kier molecular flexibility index (Phi) is 6.54. The van der Waals surface area contributed by atoms with Crippen molar-refractivity contribution in [2.45, 2.75) is 52.5 Å². The molecule has 2 aromatic carbocycles. The van der Waals surface area contributed by atoms with Crippen molar-refractivity contribution >= 4 is 33.8 Å². The molecule has 0 saturated heterocycles. The molecule has 2 heterocycles. The predicted molar refractivity (Wildman–Crippen MR) is 130 cm³/mol. The lowest BCUT2D eigenvalue weighted by Crippen LogP contribution is -2.40. The van der Waals surface area contributed by atoms with Gasteiger partial charge in [0.2, 0.25) is 5.91 Å². The van der Waals surface area contributed by atoms with Crippen molar-refractivity contribution in [3.8, 4) is 11.1 Å². The summed E-state index contributed by atoms with van der Waals surface area (Å²) in [4.78, 5) is 36.4. The summed E-state index contributed by atoms with van der Waals surface area (Å²) in [7, 11) is 0. The van der Waals surface area contributed by atoms with Crippen LogP contribution >= 0.6 is 0 Å². The third-order valence-electron chi connectivity index (χ3n) is 6.15. The minimum atomic E-state index is -1.06. The van der Waals surface area contributed by atoms with E-state index in [0.29, 0.717) is 29.6 Å². The summed E-state index contributed by atoms with van der Waals surface area (Å²) < 4.78 is 11.5. The molecule has 0 radical (unpaired) electrons. The van der Waals surface area contributed by atoms with Gasteiger partial charge >= 0.3 is 11.6 Å². The maximum absolute atomic E-state index is 12.7. The Morgan fingerprint density at radius 1 is 1.03 bits per heavy atom. The molecule has 0 fully saturated rings. The predicted octanol–water partition coefficient (Wildman–Crippen LogP) is 5.13. The highest BCUT2D eigenvalue weighted by molar-refractivity contribution is 6.03. The van der Waals surface area contributed by atoms with E-state index in [0.717, 1.165) is 33.2 Å². The number of benzene rings is 2. The highest BCUT2D eigenvalue weighted by Gasteiger charge is 2.21. The summed E-state index contributed by atoms with van der Waals surface area (Å²) in [5.74, 6) is -0.703. The minimum Gasteiger partial charge on any atom is -0.480 e. The molecule has 4 aromatic rings. The number of nitrogens with one attached hydrogen (secondary N) is 1. The van der Waals surface area contributed by atoms with E-state index in [1.165, 1.54) is 0 Å². The number of hydrogen-bond donors (Lipinski definition) is 2. The summed E-state index contributed by atoms with van der Waals surface area (Å²) >= 11 is 0. The number of hydrogen-bond acceptors (Lipinski definition) is 5. The van der Waals surface area contributed by atoms with Gasteiger partial charge in [-0.3, -0.25) is 4.79 Å². The Bertz CT molecular complexity index is 1430. The van der Waals surface area contributed by atoms with Crippen LogP contribution in [0.2, 0.25) is 0 Å². The SMILES string of the molecule is CCC[C@H](NC(=O)CCc1c(C)c2cc3c(-c4ccccc4)c(C)oc3cc2oc1=O)C(=O)O. The number of fused-ring (bicyclic) bond motifs is 2. The first-order valence-corrected chi connectivity index (χ1v) is 11.4. The van der Waals surface area contributed by atoms with Crippen LogP contribution < -0.4 is 10.9 Å². The molecule has 1 amide bonds. The van der Waals surface area contributed by atoms with E-state index in [1.807, 2.05) is 57.2 Å². The van der Waals surface area contributed by atoms with Crippen LogP contribution in [0.3, 0.4) is 0 Å². The van der Waals surface area contributed by atoms with E-state index in [1.54, 1.807) is 6.07 Å². The highest BCUT2D eigenvalue weighted by Crippen LogP contribution is 2.37. The number of furan rings is 1. The zero-order chi connectivity index (χ0) is 24.4. The molecule has 2 N–H and O–H groups in total. The van der Waals surface area contributed by atoms with E-state index in [2.05, 4.69) is 5.32 Å². The molecule has 0 bridgehead atoms. The number of aryl methyl sites for hydroxylation is 2. The molecular formula is C27H27NO6. The van der Waals surface area contributed by atoms with Crippen molar-refractivity contribution in [1.29, 1.82) is 0 Å². The first kappa shape index (κ1) is 23.3. The van der Waals surface area contributed by atoms with Gasteiger partial charge in [-0.1, -0.05) is 43.7 Å². The Morgan fingerprint density at radius 3 is 2.41 bits per heavy atom. The van der Waals surface area contributed by atoms with E-state index in [-0.39, 0.29) is 12.8 Å². The van der Waals surface area contributed by atoms with Gasteiger partial charge in [0.1, 0.15) is 23.0 Å². The zero-order valence-corrected chi connectivity index (χ0v) is 19.4. The van der Waals surface area contributed by atoms with E-state index < -0.39 is 23.5 Å². The number of aliphatic carboxylic acids is 1. The third-order valence-corrected chi connectivity index (χ3v) is 6.15. The standard InChI is InChI=1S/C27H27NO6/c1-4-8-21(26(30)31)28-24(29)12-11-18-15(2)19-13-20-23(14-22(19)34-27(18)32)33-16(3)25(20)17-9-6-5-7-10-17/h5-7,9-10,13-14,21H,4,8,11-12H2,1-3H3,(H,28,29)(H,30,31)/t21-/m0/s1. The van der Waals surface area contributed by atoms with Crippen LogP contribution in [0.4, 0.5) is 0 Å². The normalized spacial score (nSPS) is 12.2. The summed E-state index contributed by atoms with van der Waals surface area (Å²) in [5, 5.41) is 13.5. The van der Waals surface area contributed by atoms with Crippen LogP contribution in [-0.2, 0) is 16.0 Å². The molecule has 34 heavy (non-hydrogen) atoms. The average Bonchev–Trinajstić information content (AvgIpc) is 3.12. The van der Waals surface area contributed by atoms with Crippen molar-refractivity contribution in [3.63, 3.8) is 0 Å². The second kappa shape index (κ2) is 9.55. The van der Waals surface area contributed by atoms with Crippen LogP contribution in [0.1, 0.15) is 43.1 Å². The lowest BCUT2D eigenvalue weighted by molar-refractivity contribution is -0.142. The number of carboxylic acid groups (broad SMARTS) is 1. The molecular weight excluding hydrogens is 434 g/mol. The van der Waals surface area contributed by atoms with Gasteiger partial charge in [-0.05, 0) is 43.9 Å². The van der Waals surface area contributed by atoms with Crippen molar-refractivity contribution in [3.05, 3.63) is 69.8 Å². The molecule has 176 valence electrons. The molecule has 1 atom stereocenters. The fourth-order valence-electron chi connectivity index (χ4n) is 4.41. The Hall–Kier alpha value is -3.87. The number of carboxylic acids is 1. The summed E-state index contributed by atoms with van der Waals surface area (Å²) in [6, 6.07) is 12.7. The average molecular weight is 462 g/mol. The van der Waals surface area contributed by atoms with Crippen molar-refractivity contribution < 1.29 is 23.5 Å². The van der Waals surface area contributed by atoms with Crippen LogP contribution in [0.15, 0.2) is 56.1 Å². The molecule has 0 saturated carbocycles. The number of carbonyl (C=O) groups is 2. The molecule has 0 aliphatic carbocycles. The number of carbonyl (C=O) groups excluding carboxylic acids is 1. The maximum atomic E-state index is 12.7. The highest BCUT2D eigenvalue weighted by atomic mass is 16.4. The first-order valence-electron chi connectivity index (χ1n) is 11.4. The second-order valence-corrected chi connectivity index (χ2v) is 8.48. The van der Waals surface area contributed by atoms with Crippen LogP contribution in [-0.4, -0.2) is 23.0 Å². The largest absolute Gasteiger partial charge is 0.480 e. The van der Waals surface area contributed by atoms with Gasteiger partial charge in [0.05, 0.1) is 0 Å². The number of amides is 1. The van der Waals surface area contributed by atoms with Crippen molar-refractivity contribution in [2.24, 2.45) is 0 Å². The lowest BCUT2D eigenvalue weighted by Gasteiger charge is -2.14. The van der Waals surface area contributed by atoms with E-state index in [4.69, 9.17) is 8.83 Å². The number of rotatable bonds is 8. The smallest absolute Gasteiger partial charge is 0.339 e. The summed E-state index contributed by atoms with van der Waals surface area (Å²) in [5.41, 5.74) is 3.71. The third kappa shape index (κ3) is 4.46. The lowest BCUT2D eigenvalue weighted by atomic mass is 9.98. The fraction of sp³-hybridized carbons (Fsp3) is 0.296. The first-order chi connectivity index (χ1) is 16.3. The van der Waals surface area contributed by atoms with Crippen LogP contribution in [0, 0.1) is 13.8 Å². The van der Waals surface area contributed by atoms with Gasteiger partial charge < -0.3 is 19.3 Å². The quantitative estimate of drug-likeness (QED) is 0.352. The topological polar surface area (TPSA) is 110 Å². The molecule has 0 aliphatic rings. The Labute approximate surface area is 196 Å². The molecule has 4 rings (SSSR count). The molecule has 2 aromatic heterocycles. The summed E-state index contributed by atoms with van der Waals surface area (Å²) in [6.07, 6.45) is 1.13. The second-order valence-electron chi connectivity index (χ2n) is 8.48. The van der Waals surface area contributed by atoms with Gasteiger partial charge in [0, 0.05) is 34.4 Å². The molecule has 0 aliphatic heterocycles. The van der Waals surface area contributed by atoms with Crippen LogP contribution in [0.25, 0.3) is 33.1 Å². The minimum absolute atomic E-state index is 0.00701. The molecule has 0 spiro atoms. The van der Waals surface area contributed by atoms with Crippen molar-refractivity contribution in [1.82, 2.24) is 5.32 Å². The fourth-order valence-corrected chi connectivity index (χ4v) is 4.41. The zero-order valence-electron chi connectivity index (χ0n) is 19.4. The van der Waals surface area contributed by atoms with E-state index >= 15 is 0 Å². The van der Waals surface area contributed by atoms with Gasteiger partial charge in [0.15, 0.2) is 0 Å². The van der Waals surface area contributed by atoms with Gasteiger partial charge in [0.25, 0.3) is 0 Å². The molecule has 0 unspecified atom stereocenters. The van der Waals surface area contributed by atoms with Gasteiger partial charge in [-0.25, -0.2) is 9.59 Å². The maximum Gasteiger partial charge on any atom is 0.339 e. The van der Waals surface area contributed by atoms with E-state index in [9.17, 15) is 19.5 Å². The van der Waals surface area contributed by atoms with Gasteiger partial charge in [-0.15, -0.1) is 0 Å². The van der Waals surface area contributed by atoms with Crippen molar-refractivity contribution in [2.75, 3.05) is 0 Å². The summed E-state index contributed by atoms with van der Waals surface area (Å²) in [6.45, 7) is 5.60. The van der Waals surface area contributed by atoms with Gasteiger partial charge in [-0.2, -0.15) is 0 Å². The Balaban J connectivity index is 1.69. The Morgan fingerprint density at radius 2 is 1.74 bits per heavy atom. The molecule has 7 nitrogen and oxygen atoms in total. The monoisotopic (exact) mass is 461 g/mol. The van der Waals surface area contributed by atoms with Crippen LogP contribution in [0.5, 0.6) is 0 Å².